The van der Waals surface area contributed by atoms with E-state index in [1.54, 1.807) is 0 Å². The molecule has 1 aromatic carbocycles. The second-order valence-corrected chi connectivity index (χ2v) is 9.48. The molecule has 0 radical (unpaired) electrons. The molecule has 0 aromatic heterocycles. The van der Waals surface area contributed by atoms with Crippen LogP contribution in [0.3, 0.4) is 0 Å². The van der Waals surface area contributed by atoms with Crippen LogP contribution in [0.1, 0.15) is 6.92 Å². The summed E-state index contributed by atoms with van der Waals surface area (Å²) in [6.45, 7) is 1.54. The fourth-order valence-electron chi connectivity index (χ4n) is 2.73. The van der Waals surface area contributed by atoms with E-state index in [9.17, 15) is 13.2 Å². The van der Waals surface area contributed by atoms with Gasteiger partial charge in [-0.2, -0.15) is 0 Å². The first-order valence-corrected chi connectivity index (χ1v) is 10.4. The predicted molar refractivity (Wildman–Crippen MR) is 93.4 cm³/mol. The molecule has 5 nitrogen and oxygen atoms in total. The number of benzene rings is 1. The van der Waals surface area contributed by atoms with Gasteiger partial charge in [0.1, 0.15) is 5.78 Å². The Bertz CT molecular complexity index is 748. The van der Waals surface area contributed by atoms with Crippen LogP contribution in [0.25, 0.3) is 0 Å². The van der Waals surface area contributed by atoms with E-state index in [0.29, 0.717) is 5.75 Å². The zero-order valence-corrected chi connectivity index (χ0v) is 15.1. The highest BCUT2D eigenvalue weighted by Gasteiger charge is 2.47. The van der Waals surface area contributed by atoms with Crippen molar-refractivity contribution in [2.75, 3.05) is 22.2 Å². The SMILES string of the molecule is CC(=O)CSC1=N[C@@H]2CS(=O)(=O)C[C@@H]2N1c1cccc(Br)c1. The van der Waals surface area contributed by atoms with Crippen LogP contribution in [0.15, 0.2) is 33.7 Å². The first-order valence-electron chi connectivity index (χ1n) is 6.81. The zero-order valence-electron chi connectivity index (χ0n) is 11.9. The van der Waals surface area contributed by atoms with Gasteiger partial charge in [0.05, 0.1) is 29.3 Å². The number of ketones is 1. The summed E-state index contributed by atoms with van der Waals surface area (Å²) in [5.41, 5.74) is 0.897. The Morgan fingerprint density at radius 3 is 2.91 bits per heavy atom. The number of carbonyl (C=O) groups is 1. The van der Waals surface area contributed by atoms with Crippen LogP contribution in [-0.4, -0.2) is 48.7 Å². The lowest BCUT2D eigenvalue weighted by Gasteiger charge is -2.26. The molecule has 2 aliphatic heterocycles. The number of fused-ring (bicyclic) bond motifs is 1. The number of aliphatic imine (C=N–C) groups is 1. The Morgan fingerprint density at radius 1 is 1.45 bits per heavy atom. The number of halogens is 1. The minimum Gasteiger partial charge on any atom is -0.315 e. The van der Waals surface area contributed by atoms with Gasteiger partial charge in [-0.25, -0.2) is 8.42 Å². The van der Waals surface area contributed by atoms with E-state index in [4.69, 9.17) is 0 Å². The second kappa shape index (κ2) is 5.98. The Balaban J connectivity index is 1.95. The molecular weight excluding hydrogens is 388 g/mol. The number of nitrogens with zero attached hydrogens (tertiary/aromatic N) is 2. The molecule has 8 heteroatoms. The molecule has 3 rings (SSSR count). The van der Waals surface area contributed by atoms with E-state index in [1.807, 2.05) is 29.2 Å². The van der Waals surface area contributed by atoms with Gasteiger partial charge in [0.15, 0.2) is 15.0 Å². The highest BCUT2D eigenvalue weighted by Crippen LogP contribution is 2.35. The molecule has 0 spiro atoms. The van der Waals surface area contributed by atoms with Crippen molar-refractivity contribution in [1.29, 1.82) is 0 Å². The predicted octanol–water partition coefficient (Wildman–Crippen LogP) is 2.11. The van der Waals surface area contributed by atoms with Crippen molar-refractivity contribution < 1.29 is 13.2 Å². The Hall–Kier alpha value is -0.860. The summed E-state index contributed by atoms with van der Waals surface area (Å²) in [4.78, 5) is 17.8. The molecule has 1 aromatic rings. The van der Waals surface area contributed by atoms with Crippen LogP contribution < -0.4 is 4.90 Å². The summed E-state index contributed by atoms with van der Waals surface area (Å²) < 4.78 is 24.7. The van der Waals surface area contributed by atoms with Crippen LogP contribution in [0.5, 0.6) is 0 Å². The van der Waals surface area contributed by atoms with Crippen LogP contribution in [0.2, 0.25) is 0 Å². The number of rotatable bonds is 3. The number of Topliss-reactive ketones (excluding diaryl/α,β-unsaturated/α-hetero) is 1. The van der Waals surface area contributed by atoms with Gasteiger partial charge >= 0.3 is 0 Å². The zero-order chi connectivity index (χ0) is 15.9. The normalized spacial score (nSPS) is 25.9. The molecule has 0 amide bonds. The van der Waals surface area contributed by atoms with E-state index in [-0.39, 0.29) is 29.4 Å². The maximum Gasteiger partial charge on any atom is 0.164 e. The minimum absolute atomic E-state index is 0.0755. The van der Waals surface area contributed by atoms with E-state index in [1.165, 1.54) is 18.7 Å². The number of hydrogen-bond donors (Lipinski definition) is 0. The van der Waals surface area contributed by atoms with E-state index in [0.717, 1.165) is 15.3 Å². The molecule has 2 heterocycles. The number of carbonyl (C=O) groups excluding carboxylic acids is 1. The quantitative estimate of drug-likeness (QED) is 0.774. The summed E-state index contributed by atoms with van der Waals surface area (Å²) in [5.74, 6) is 0.617. The van der Waals surface area contributed by atoms with Crippen molar-refractivity contribution in [2.45, 2.75) is 19.0 Å². The summed E-state index contributed by atoms with van der Waals surface area (Å²) in [5, 5.41) is 0.734. The Kier molecular flexibility index (Phi) is 4.35. The van der Waals surface area contributed by atoms with Crippen molar-refractivity contribution >= 4 is 54.2 Å². The van der Waals surface area contributed by atoms with Crippen molar-refractivity contribution in [2.24, 2.45) is 4.99 Å². The molecule has 0 saturated carbocycles. The lowest BCUT2D eigenvalue weighted by atomic mass is 10.1. The van der Waals surface area contributed by atoms with Gasteiger partial charge in [0, 0.05) is 10.2 Å². The molecule has 2 aliphatic rings. The number of hydrogen-bond acceptors (Lipinski definition) is 6. The van der Waals surface area contributed by atoms with Crippen LogP contribution >= 0.6 is 27.7 Å². The summed E-state index contributed by atoms with van der Waals surface area (Å²) in [6.07, 6.45) is 0. The molecule has 22 heavy (non-hydrogen) atoms. The first-order chi connectivity index (χ1) is 10.4. The average molecular weight is 403 g/mol. The van der Waals surface area contributed by atoms with E-state index < -0.39 is 9.84 Å². The number of thioether (sulfide) groups is 1. The smallest absolute Gasteiger partial charge is 0.164 e. The minimum atomic E-state index is -3.05. The van der Waals surface area contributed by atoms with Gasteiger partial charge < -0.3 is 4.90 Å². The van der Waals surface area contributed by atoms with Crippen LogP contribution in [0, 0.1) is 0 Å². The maximum absolute atomic E-state index is 11.9. The molecule has 0 unspecified atom stereocenters. The van der Waals surface area contributed by atoms with Gasteiger partial charge in [-0.1, -0.05) is 33.8 Å². The number of amidine groups is 1. The standard InChI is InChI=1S/C14H15BrN2O3S2/c1-9(18)6-21-14-16-12-7-22(19,20)8-13(12)17(14)11-4-2-3-10(15)5-11/h2-5,12-13H,6-8H2,1H3/t12-,13+/m1/s1. The third-order valence-electron chi connectivity index (χ3n) is 3.60. The lowest BCUT2D eigenvalue weighted by molar-refractivity contribution is -0.114. The lowest BCUT2D eigenvalue weighted by Crippen LogP contribution is -2.39. The van der Waals surface area contributed by atoms with Gasteiger partial charge in [0.2, 0.25) is 0 Å². The second-order valence-electron chi connectivity index (χ2n) is 5.46. The highest BCUT2D eigenvalue weighted by atomic mass is 79.9. The van der Waals surface area contributed by atoms with Gasteiger partial charge in [-0.05, 0) is 25.1 Å². The molecule has 2 atom stereocenters. The molecule has 1 saturated heterocycles. The summed E-state index contributed by atoms with van der Waals surface area (Å²) in [6, 6.07) is 7.29. The summed E-state index contributed by atoms with van der Waals surface area (Å²) in [7, 11) is -3.05. The number of anilines is 1. The van der Waals surface area contributed by atoms with Crippen molar-refractivity contribution in [3.05, 3.63) is 28.7 Å². The van der Waals surface area contributed by atoms with Crippen LogP contribution in [0.4, 0.5) is 5.69 Å². The number of sulfone groups is 1. The largest absolute Gasteiger partial charge is 0.315 e. The molecule has 0 N–H and O–H groups in total. The fraction of sp³-hybridized carbons (Fsp3) is 0.429. The van der Waals surface area contributed by atoms with Crippen molar-refractivity contribution in [1.82, 2.24) is 0 Å². The van der Waals surface area contributed by atoms with Gasteiger partial charge in [0.25, 0.3) is 0 Å². The van der Waals surface area contributed by atoms with Gasteiger partial charge in [-0.15, -0.1) is 0 Å². The molecular formula is C14H15BrN2O3S2. The van der Waals surface area contributed by atoms with Gasteiger partial charge in [-0.3, -0.25) is 9.79 Å². The monoisotopic (exact) mass is 402 g/mol. The molecule has 1 fully saturated rings. The first kappa shape index (κ1) is 16.0. The highest BCUT2D eigenvalue weighted by molar-refractivity contribution is 9.10. The Morgan fingerprint density at radius 2 is 2.23 bits per heavy atom. The summed E-state index contributed by atoms with van der Waals surface area (Å²) >= 11 is 4.81. The van der Waals surface area contributed by atoms with Crippen molar-refractivity contribution in [3.8, 4) is 0 Å². The van der Waals surface area contributed by atoms with E-state index >= 15 is 0 Å². The van der Waals surface area contributed by atoms with E-state index in [2.05, 4.69) is 20.9 Å². The molecule has 0 aliphatic carbocycles. The topological polar surface area (TPSA) is 66.8 Å². The Labute approximate surface area is 142 Å². The third kappa shape index (κ3) is 3.23. The van der Waals surface area contributed by atoms with Crippen LogP contribution in [-0.2, 0) is 14.6 Å². The van der Waals surface area contributed by atoms with Crippen molar-refractivity contribution in [3.63, 3.8) is 0 Å². The third-order valence-corrected chi connectivity index (χ3v) is 6.90. The maximum atomic E-state index is 11.9. The molecule has 118 valence electrons. The average Bonchev–Trinajstić information content (AvgIpc) is 2.87. The fourth-order valence-corrected chi connectivity index (χ4v) is 5.88. The molecule has 0 bridgehead atoms.